The molecule has 0 bridgehead atoms. The number of fused-ring (bicyclic) bond motifs is 1. The highest BCUT2D eigenvalue weighted by Crippen LogP contribution is 2.30. The van der Waals surface area contributed by atoms with E-state index in [0.717, 1.165) is 19.8 Å². The Morgan fingerprint density at radius 3 is 2.80 bits per heavy atom. The summed E-state index contributed by atoms with van der Waals surface area (Å²) in [4.78, 5) is 0. The van der Waals surface area contributed by atoms with Crippen LogP contribution in [-0.2, 0) is 11.3 Å². The Morgan fingerprint density at radius 2 is 1.95 bits per heavy atom. The average molecular weight is 289 g/mol. The Labute approximate surface area is 124 Å². The molecule has 2 aromatic rings. The quantitative estimate of drug-likeness (QED) is 0.896. The molecule has 3 rings (SSSR count). The third-order valence-corrected chi connectivity index (χ3v) is 5.53. The van der Waals surface area contributed by atoms with Crippen LogP contribution in [0.4, 0.5) is 0 Å². The van der Waals surface area contributed by atoms with Gasteiger partial charge in [0.2, 0.25) is 0 Å². The highest BCUT2D eigenvalue weighted by molar-refractivity contribution is 7.17. The molecule has 108 valence electrons. The van der Waals surface area contributed by atoms with Crippen molar-refractivity contribution in [3.8, 4) is 0 Å². The Hall–Kier alpha value is -0.900. The monoisotopic (exact) mass is 289 g/mol. The topological polar surface area (TPSA) is 35.2 Å². The molecule has 3 heteroatoms. The third kappa shape index (κ3) is 3.05. The second-order valence-electron chi connectivity index (χ2n) is 5.81. The lowest BCUT2D eigenvalue weighted by molar-refractivity contribution is 0.0518. The maximum Gasteiger partial charge on any atom is 0.0731 e. The molecule has 20 heavy (non-hydrogen) atoms. The van der Waals surface area contributed by atoms with Gasteiger partial charge in [0.05, 0.1) is 13.2 Å². The zero-order valence-corrected chi connectivity index (χ0v) is 12.7. The van der Waals surface area contributed by atoms with E-state index >= 15 is 0 Å². The predicted octanol–water partition coefficient (Wildman–Crippen LogP) is 4.18. The summed E-state index contributed by atoms with van der Waals surface area (Å²) in [7, 11) is 0. The third-order valence-electron chi connectivity index (χ3n) is 4.52. The van der Waals surface area contributed by atoms with Crippen LogP contribution in [0.25, 0.3) is 10.1 Å². The first kappa shape index (κ1) is 14.1. The fraction of sp³-hybridized carbons (Fsp3) is 0.529. The number of thiophene rings is 1. The molecule has 2 unspecified atom stereocenters. The predicted molar refractivity (Wildman–Crippen MR) is 86.0 cm³/mol. The van der Waals surface area contributed by atoms with Gasteiger partial charge in [0.1, 0.15) is 0 Å². The second-order valence-corrected chi connectivity index (χ2v) is 6.72. The van der Waals surface area contributed by atoms with Crippen molar-refractivity contribution in [2.45, 2.75) is 32.3 Å². The maximum absolute atomic E-state index is 6.01. The van der Waals surface area contributed by atoms with E-state index in [-0.39, 0.29) is 0 Å². The van der Waals surface area contributed by atoms with Gasteiger partial charge in [-0.15, -0.1) is 11.3 Å². The van der Waals surface area contributed by atoms with Gasteiger partial charge in [0.15, 0.2) is 0 Å². The summed E-state index contributed by atoms with van der Waals surface area (Å²) in [6.07, 6.45) is 5.25. The highest BCUT2D eigenvalue weighted by Gasteiger charge is 2.23. The molecule has 0 amide bonds. The summed E-state index contributed by atoms with van der Waals surface area (Å²) < 4.78 is 7.36. The van der Waals surface area contributed by atoms with E-state index in [0.29, 0.717) is 11.8 Å². The van der Waals surface area contributed by atoms with Gasteiger partial charge in [-0.05, 0) is 53.6 Å². The summed E-state index contributed by atoms with van der Waals surface area (Å²) in [5.41, 5.74) is 7.21. The lowest BCUT2D eigenvalue weighted by atomic mass is 9.80. The van der Waals surface area contributed by atoms with Crippen LogP contribution < -0.4 is 5.73 Å². The number of nitrogens with two attached hydrogens (primary N) is 1. The van der Waals surface area contributed by atoms with Gasteiger partial charge in [0.25, 0.3) is 0 Å². The Bertz CT molecular complexity index is 551. The van der Waals surface area contributed by atoms with Crippen LogP contribution in [-0.4, -0.2) is 13.2 Å². The maximum atomic E-state index is 6.01. The Morgan fingerprint density at radius 1 is 1.15 bits per heavy atom. The number of rotatable bonds is 5. The zero-order chi connectivity index (χ0) is 13.8. The van der Waals surface area contributed by atoms with Crippen LogP contribution in [0.3, 0.4) is 0 Å². The van der Waals surface area contributed by atoms with Gasteiger partial charge in [-0.3, -0.25) is 0 Å². The van der Waals surface area contributed by atoms with Crippen molar-refractivity contribution >= 4 is 21.4 Å². The van der Waals surface area contributed by atoms with E-state index in [1.807, 2.05) is 0 Å². The molecule has 1 fully saturated rings. The zero-order valence-electron chi connectivity index (χ0n) is 11.9. The molecular weight excluding hydrogens is 266 g/mol. The van der Waals surface area contributed by atoms with Gasteiger partial charge in [-0.2, -0.15) is 0 Å². The first-order chi connectivity index (χ1) is 9.88. The fourth-order valence-electron chi connectivity index (χ4n) is 3.28. The van der Waals surface area contributed by atoms with Crippen molar-refractivity contribution < 1.29 is 4.74 Å². The first-order valence-electron chi connectivity index (χ1n) is 7.61. The summed E-state index contributed by atoms with van der Waals surface area (Å²) in [5, 5.41) is 3.57. The fourth-order valence-corrected chi connectivity index (χ4v) is 4.23. The van der Waals surface area contributed by atoms with Crippen LogP contribution in [0.15, 0.2) is 29.6 Å². The van der Waals surface area contributed by atoms with Crippen LogP contribution in [0, 0.1) is 11.8 Å². The van der Waals surface area contributed by atoms with Gasteiger partial charge in [-0.25, -0.2) is 0 Å². The van der Waals surface area contributed by atoms with E-state index in [2.05, 4.69) is 29.6 Å². The molecule has 1 aromatic heterocycles. The summed E-state index contributed by atoms with van der Waals surface area (Å²) in [6.45, 7) is 2.42. The van der Waals surface area contributed by atoms with Crippen molar-refractivity contribution in [2.75, 3.05) is 13.2 Å². The standard InChI is InChI=1S/C17H23NOS/c18-9-13-5-1-2-6-14(13)10-19-11-15-12-20-17-8-4-3-7-16(15)17/h3-4,7-8,12-14H,1-2,5-6,9-11,18H2. The lowest BCUT2D eigenvalue weighted by Gasteiger charge is -2.30. The van der Waals surface area contributed by atoms with E-state index in [1.165, 1.54) is 41.3 Å². The summed E-state index contributed by atoms with van der Waals surface area (Å²) in [6, 6.07) is 8.56. The largest absolute Gasteiger partial charge is 0.376 e. The van der Waals surface area contributed by atoms with Gasteiger partial charge in [-0.1, -0.05) is 31.0 Å². The minimum absolute atomic E-state index is 0.665. The molecule has 1 saturated carbocycles. The first-order valence-corrected chi connectivity index (χ1v) is 8.49. The van der Waals surface area contributed by atoms with Crippen molar-refractivity contribution in [2.24, 2.45) is 17.6 Å². The Kier molecular flexibility index (Phi) is 4.71. The average Bonchev–Trinajstić information content (AvgIpc) is 2.91. The Balaban J connectivity index is 1.57. The smallest absolute Gasteiger partial charge is 0.0731 e. The molecule has 0 radical (unpaired) electrons. The molecule has 0 saturated heterocycles. The van der Waals surface area contributed by atoms with Crippen LogP contribution in [0.5, 0.6) is 0 Å². The highest BCUT2D eigenvalue weighted by atomic mass is 32.1. The van der Waals surface area contributed by atoms with Crippen molar-refractivity contribution in [3.05, 3.63) is 35.2 Å². The number of hydrogen-bond donors (Lipinski definition) is 1. The van der Waals surface area contributed by atoms with Crippen LogP contribution >= 0.6 is 11.3 Å². The summed E-state index contributed by atoms with van der Waals surface area (Å²) >= 11 is 1.81. The molecule has 2 atom stereocenters. The number of benzene rings is 1. The molecular formula is C17H23NOS. The normalized spacial score (nSPS) is 23.2. The molecule has 1 heterocycles. The lowest BCUT2D eigenvalue weighted by Crippen LogP contribution is -2.29. The minimum Gasteiger partial charge on any atom is -0.376 e. The molecule has 2 N–H and O–H groups in total. The van der Waals surface area contributed by atoms with Crippen molar-refractivity contribution in [1.82, 2.24) is 0 Å². The minimum atomic E-state index is 0.665. The summed E-state index contributed by atoms with van der Waals surface area (Å²) in [5.74, 6) is 1.33. The molecule has 0 aliphatic heterocycles. The molecule has 1 aliphatic rings. The van der Waals surface area contributed by atoms with Gasteiger partial charge >= 0.3 is 0 Å². The van der Waals surface area contributed by atoms with Crippen LogP contribution in [0.2, 0.25) is 0 Å². The van der Waals surface area contributed by atoms with Crippen LogP contribution in [0.1, 0.15) is 31.2 Å². The van der Waals surface area contributed by atoms with E-state index in [9.17, 15) is 0 Å². The molecule has 1 aromatic carbocycles. The van der Waals surface area contributed by atoms with E-state index in [1.54, 1.807) is 11.3 Å². The molecule has 1 aliphatic carbocycles. The van der Waals surface area contributed by atoms with E-state index < -0.39 is 0 Å². The second kappa shape index (κ2) is 6.70. The van der Waals surface area contributed by atoms with Crippen molar-refractivity contribution in [3.63, 3.8) is 0 Å². The SMILES string of the molecule is NCC1CCCCC1COCc1csc2ccccc12. The van der Waals surface area contributed by atoms with Gasteiger partial charge < -0.3 is 10.5 Å². The number of hydrogen-bond acceptors (Lipinski definition) is 3. The van der Waals surface area contributed by atoms with Gasteiger partial charge in [0, 0.05) is 4.70 Å². The molecule has 2 nitrogen and oxygen atoms in total. The van der Waals surface area contributed by atoms with E-state index in [4.69, 9.17) is 10.5 Å². The molecule has 0 spiro atoms. The number of ether oxygens (including phenoxy) is 1. The van der Waals surface area contributed by atoms with Crippen molar-refractivity contribution in [1.29, 1.82) is 0 Å².